The van der Waals surface area contributed by atoms with Gasteiger partial charge in [0.15, 0.2) is 6.61 Å². The minimum absolute atomic E-state index is 0.0230. The van der Waals surface area contributed by atoms with Crippen molar-refractivity contribution >= 4 is 17.2 Å². The highest BCUT2D eigenvalue weighted by atomic mass is 32.1. The lowest BCUT2D eigenvalue weighted by Gasteiger charge is -2.34. The van der Waals surface area contributed by atoms with Gasteiger partial charge in [-0.3, -0.25) is 9.69 Å². The highest BCUT2D eigenvalue weighted by Crippen LogP contribution is 2.26. The first kappa shape index (κ1) is 20.8. The summed E-state index contributed by atoms with van der Waals surface area (Å²) in [5.41, 5.74) is 1.35. The lowest BCUT2D eigenvalue weighted by Crippen LogP contribution is -2.44. The van der Waals surface area contributed by atoms with Gasteiger partial charge in [-0.25, -0.2) is 0 Å². The molecule has 1 aliphatic rings. The average molecular weight is 403 g/mol. The topological polar surface area (TPSA) is 50.8 Å². The van der Waals surface area contributed by atoms with E-state index in [4.69, 9.17) is 9.47 Å². The summed E-state index contributed by atoms with van der Waals surface area (Å²) in [5, 5.41) is 5.11. The number of carbonyl (C=O) groups excluding carboxylic acids is 1. The lowest BCUT2D eigenvalue weighted by molar-refractivity contribution is -0.123. The molecule has 1 N–H and O–H groups in total. The van der Waals surface area contributed by atoms with Crippen molar-refractivity contribution in [1.82, 2.24) is 10.2 Å². The number of rotatable bonds is 7. The maximum Gasteiger partial charge on any atom is 0.258 e. The van der Waals surface area contributed by atoms with Crippen molar-refractivity contribution in [2.75, 3.05) is 39.5 Å². The van der Waals surface area contributed by atoms with Crippen LogP contribution < -0.4 is 10.1 Å². The van der Waals surface area contributed by atoms with Gasteiger partial charge in [0, 0.05) is 24.5 Å². The Morgan fingerprint density at radius 1 is 1.21 bits per heavy atom. The zero-order valence-electron chi connectivity index (χ0n) is 16.9. The fraction of sp³-hybridized carbons (Fsp3) is 0.500. The van der Waals surface area contributed by atoms with Crippen LogP contribution in [0.5, 0.6) is 5.75 Å². The number of carbonyl (C=O) groups is 1. The summed E-state index contributed by atoms with van der Waals surface area (Å²) in [6.45, 7) is 10.4. The quantitative estimate of drug-likeness (QED) is 0.769. The van der Waals surface area contributed by atoms with E-state index in [9.17, 15) is 4.79 Å². The van der Waals surface area contributed by atoms with E-state index in [0.29, 0.717) is 12.3 Å². The zero-order chi connectivity index (χ0) is 20.0. The molecule has 1 aromatic heterocycles. The van der Waals surface area contributed by atoms with Crippen LogP contribution in [-0.2, 0) is 14.9 Å². The van der Waals surface area contributed by atoms with Gasteiger partial charge in [-0.2, -0.15) is 0 Å². The van der Waals surface area contributed by atoms with E-state index in [-0.39, 0.29) is 24.0 Å². The lowest BCUT2D eigenvalue weighted by atomic mass is 9.87. The maximum absolute atomic E-state index is 12.3. The summed E-state index contributed by atoms with van der Waals surface area (Å²) in [5.74, 6) is 0.612. The van der Waals surface area contributed by atoms with Crippen LogP contribution in [0.25, 0.3) is 0 Å². The number of nitrogens with one attached hydrogen (secondary N) is 1. The molecule has 3 rings (SSSR count). The summed E-state index contributed by atoms with van der Waals surface area (Å²) in [6.07, 6.45) is 0. The Hall–Kier alpha value is -1.89. The molecule has 0 bridgehead atoms. The molecule has 0 unspecified atom stereocenters. The monoisotopic (exact) mass is 402 g/mol. The number of benzene rings is 1. The number of morpholine rings is 1. The Morgan fingerprint density at radius 3 is 2.54 bits per heavy atom. The molecule has 0 aliphatic carbocycles. The normalized spacial score (nSPS) is 16.5. The molecule has 28 heavy (non-hydrogen) atoms. The van der Waals surface area contributed by atoms with Gasteiger partial charge < -0.3 is 14.8 Å². The van der Waals surface area contributed by atoms with E-state index < -0.39 is 0 Å². The summed E-state index contributed by atoms with van der Waals surface area (Å²) in [6, 6.07) is 12.3. The van der Waals surface area contributed by atoms with Gasteiger partial charge in [0.1, 0.15) is 5.75 Å². The molecule has 0 radical (unpaired) electrons. The predicted octanol–water partition coefficient (Wildman–Crippen LogP) is 3.61. The van der Waals surface area contributed by atoms with Gasteiger partial charge >= 0.3 is 0 Å². The van der Waals surface area contributed by atoms with Crippen LogP contribution >= 0.6 is 11.3 Å². The Balaban J connectivity index is 1.50. The largest absolute Gasteiger partial charge is 0.484 e. The van der Waals surface area contributed by atoms with Gasteiger partial charge in [-0.15, -0.1) is 11.3 Å². The molecule has 152 valence electrons. The van der Waals surface area contributed by atoms with Crippen LogP contribution in [0.2, 0.25) is 0 Å². The van der Waals surface area contributed by atoms with E-state index in [1.807, 2.05) is 12.1 Å². The molecule has 5 nitrogen and oxygen atoms in total. The minimum Gasteiger partial charge on any atom is -0.484 e. The first-order chi connectivity index (χ1) is 13.4. The van der Waals surface area contributed by atoms with Gasteiger partial charge in [0.2, 0.25) is 0 Å². The van der Waals surface area contributed by atoms with Gasteiger partial charge in [0.05, 0.1) is 19.3 Å². The van der Waals surface area contributed by atoms with Crippen molar-refractivity contribution in [2.24, 2.45) is 0 Å². The Morgan fingerprint density at radius 2 is 1.93 bits per heavy atom. The summed E-state index contributed by atoms with van der Waals surface area (Å²) in [7, 11) is 0. The van der Waals surface area contributed by atoms with E-state index >= 15 is 0 Å². The number of amides is 1. The first-order valence-electron chi connectivity index (χ1n) is 9.79. The van der Waals surface area contributed by atoms with E-state index in [2.05, 4.69) is 60.6 Å². The van der Waals surface area contributed by atoms with Crippen molar-refractivity contribution in [1.29, 1.82) is 0 Å². The Bertz CT molecular complexity index is 732. The van der Waals surface area contributed by atoms with E-state index in [1.54, 1.807) is 11.3 Å². The molecule has 1 aliphatic heterocycles. The molecular weight excluding hydrogens is 372 g/mol. The molecule has 1 atom stereocenters. The second-order valence-electron chi connectivity index (χ2n) is 8.05. The van der Waals surface area contributed by atoms with Gasteiger partial charge in [-0.1, -0.05) is 39.0 Å². The van der Waals surface area contributed by atoms with Crippen molar-refractivity contribution in [3.63, 3.8) is 0 Å². The number of nitrogens with zero attached hydrogens (tertiary/aromatic N) is 1. The van der Waals surface area contributed by atoms with Crippen LogP contribution in [0, 0.1) is 0 Å². The van der Waals surface area contributed by atoms with Crippen LogP contribution in [-0.4, -0.2) is 50.3 Å². The highest BCUT2D eigenvalue weighted by molar-refractivity contribution is 7.10. The molecule has 2 heterocycles. The molecule has 2 aromatic rings. The second kappa shape index (κ2) is 9.54. The van der Waals surface area contributed by atoms with Crippen molar-refractivity contribution in [3.8, 4) is 5.75 Å². The van der Waals surface area contributed by atoms with Crippen molar-refractivity contribution < 1.29 is 14.3 Å². The third kappa shape index (κ3) is 5.80. The van der Waals surface area contributed by atoms with Crippen LogP contribution in [0.15, 0.2) is 41.8 Å². The van der Waals surface area contributed by atoms with E-state index in [0.717, 1.165) is 26.3 Å². The second-order valence-corrected chi connectivity index (χ2v) is 9.03. The number of hydrogen-bond donors (Lipinski definition) is 1. The van der Waals surface area contributed by atoms with Crippen molar-refractivity contribution in [2.45, 2.75) is 32.2 Å². The van der Waals surface area contributed by atoms with Crippen LogP contribution in [0.1, 0.15) is 37.3 Å². The van der Waals surface area contributed by atoms with Crippen molar-refractivity contribution in [3.05, 3.63) is 52.2 Å². The molecule has 1 amide bonds. The highest BCUT2D eigenvalue weighted by Gasteiger charge is 2.24. The minimum atomic E-state index is -0.102. The first-order valence-corrected chi connectivity index (χ1v) is 10.7. The summed E-state index contributed by atoms with van der Waals surface area (Å²) >= 11 is 1.72. The number of hydrogen-bond acceptors (Lipinski definition) is 5. The molecule has 1 fully saturated rings. The molecule has 1 aromatic carbocycles. The fourth-order valence-electron chi connectivity index (χ4n) is 3.24. The Labute approximate surface area is 171 Å². The molecule has 6 heteroatoms. The zero-order valence-corrected chi connectivity index (χ0v) is 17.8. The maximum atomic E-state index is 12.3. The molecule has 0 saturated carbocycles. The molecule has 1 saturated heterocycles. The predicted molar refractivity (Wildman–Crippen MR) is 113 cm³/mol. The summed E-state index contributed by atoms with van der Waals surface area (Å²) in [4.78, 5) is 16.0. The third-order valence-electron chi connectivity index (χ3n) is 4.94. The van der Waals surface area contributed by atoms with E-state index in [1.165, 1.54) is 10.4 Å². The number of ether oxygens (including phenoxy) is 2. The van der Waals surface area contributed by atoms with Gasteiger partial charge in [0.25, 0.3) is 5.91 Å². The molecule has 0 spiro atoms. The SMILES string of the molecule is CC(C)(C)c1ccc(OCC(=O)NC[C@@H](c2cccs2)N2CCOCC2)cc1. The van der Waals surface area contributed by atoms with Crippen LogP contribution in [0.4, 0.5) is 0 Å². The smallest absolute Gasteiger partial charge is 0.258 e. The average Bonchev–Trinajstić information content (AvgIpc) is 3.21. The standard InChI is InChI=1S/C22H30N2O3S/c1-22(2,3)17-6-8-18(9-7-17)27-16-21(25)23-15-19(20-5-4-14-28-20)24-10-12-26-13-11-24/h4-9,14,19H,10-13,15-16H2,1-3H3,(H,23,25)/t19-/m0/s1. The number of thiophene rings is 1. The Kier molecular flexibility index (Phi) is 7.10. The van der Waals surface area contributed by atoms with Crippen LogP contribution in [0.3, 0.4) is 0 Å². The fourth-order valence-corrected chi connectivity index (χ4v) is 4.10. The third-order valence-corrected chi connectivity index (χ3v) is 5.91. The van der Waals surface area contributed by atoms with Gasteiger partial charge in [-0.05, 0) is 34.6 Å². The molecular formula is C22H30N2O3S. The summed E-state index contributed by atoms with van der Waals surface area (Å²) < 4.78 is 11.1.